The van der Waals surface area contributed by atoms with Crippen molar-refractivity contribution in [1.29, 1.82) is 0 Å². The first kappa shape index (κ1) is 21.3. The zero-order valence-electron chi connectivity index (χ0n) is 16.7. The molecule has 0 unspecified atom stereocenters. The van der Waals surface area contributed by atoms with Crippen LogP contribution in [0.5, 0.6) is 0 Å². The summed E-state index contributed by atoms with van der Waals surface area (Å²) in [5.41, 5.74) is 3.11. The summed E-state index contributed by atoms with van der Waals surface area (Å²) in [6.45, 7) is 0. The maximum atomic E-state index is 12.9. The number of amides is 2. The average molecular weight is 464 g/mol. The summed E-state index contributed by atoms with van der Waals surface area (Å²) in [6, 6.07) is 23.7. The van der Waals surface area contributed by atoms with Gasteiger partial charge < -0.3 is 15.5 Å². The lowest BCUT2D eigenvalue weighted by Gasteiger charge is -2.13. The van der Waals surface area contributed by atoms with Crippen LogP contribution in [0.4, 0.5) is 11.4 Å². The van der Waals surface area contributed by atoms with Gasteiger partial charge in [0.2, 0.25) is 0 Å². The summed E-state index contributed by atoms with van der Waals surface area (Å²) in [6.07, 6.45) is 1.66. The molecule has 0 bridgehead atoms. The third-order valence-electron chi connectivity index (χ3n) is 4.35. The second-order valence-corrected chi connectivity index (χ2v) is 7.74. The quantitative estimate of drug-likeness (QED) is 0.509. The van der Waals surface area contributed by atoms with Gasteiger partial charge in [0.15, 0.2) is 0 Å². The Morgan fingerprint density at radius 3 is 2.10 bits per heavy atom. The molecule has 5 nitrogen and oxygen atoms in total. The molecule has 0 aliphatic rings. The molecule has 2 N–H and O–H groups in total. The molecular formula is C24H22BrN3O2. The molecule has 6 heteroatoms. The van der Waals surface area contributed by atoms with Crippen molar-refractivity contribution in [1.82, 2.24) is 5.32 Å². The molecule has 0 aromatic heterocycles. The third-order valence-corrected chi connectivity index (χ3v) is 4.88. The van der Waals surface area contributed by atoms with E-state index in [1.54, 1.807) is 42.5 Å². The zero-order chi connectivity index (χ0) is 21.5. The van der Waals surface area contributed by atoms with Gasteiger partial charge in [-0.1, -0.05) is 46.3 Å². The van der Waals surface area contributed by atoms with E-state index in [9.17, 15) is 9.59 Å². The fourth-order valence-electron chi connectivity index (χ4n) is 2.71. The Hall–Kier alpha value is -3.38. The maximum absolute atomic E-state index is 12.9. The van der Waals surface area contributed by atoms with Crippen LogP contribution in [-0.2, 0) is 4.79 Å². The van der Waals surface area contributed by atoms with Gasteiger partial charge >= 0.3 is 0 Å². The molecule has 3 aromatic rings. The van der Waals surface area contributed by atoms with Crippen molar-refractivity contribution in [3.05, 3.63) is 100 Å². The van der Waals surface area contributed by atoms with E-state index in [0.29, 0.717) is 11.3 Å². The molecule has 0 aliphatic carbocycles. The molecule has 152 valence electrons. The normalized spacial score (nSPS) is 11.0. The van der Waals surface area contributed by atoms with Crippen LogP contribution in [0.15, 0.2) is 89.0 Å². The van der Waals surface area contributed by atoms with Crippen LogP contribution < -0.4 is 15.5 Å². The van der Waals surface area contributed by atoms with Crippen molar-refractivity contribution < 1.29 is 9.59 Å². The van der Waals surface area contributed by atoms with E-state index in [2.05, 4.69) is 26.6 Å². The Balaban J connectivity index is 1.87. The molecule has 0 atom stereocenters. The second-order valence-electron chi connectivity index (χ2n) is 6.83. The van der Waals surface area contributed by atoms with E-state index >= 15 is 0 Å². The molecule has 2 amide bonds. The first-order chi connectivity index (χ1) is 14.4. The number of rotatable bonds is 6. The van der Waals surface area contributed by atoms with Crippen LogP contribution in [0.25, 0.3) is 6.08 Å². The van der Waals surface area contributed by atoms with Gasteiger partial charge in [-0.15, -0.1) is 0 Å². The number of hydrogen-bond donors (Lipinski definition) is 2. The van der Waals surface area contributed by atoms with Crippen LogP contribution in [0.1, 0.15) is 15.9 Å². The summed E-state index contributed by atoms with van der Waals surface area (Å²) in [5.74, 6) is -0.754. The summed E-state index contributed by atoms with van der Waals surface area (Å²) in [4.78, 5) is 27.6. The molecule has 3 rings (SSSR count). The number of carbonyl (C=O) groups is 2. The maximum Gasteiger partial charge on any atom is 0.272 e. The molecule has 0 saturated heterocycles. The third kappa shape index (κ3) is 5.81. The first-order valence-electron chi connectivity index (χ1n) is 9.35. The van der Waals surface area contributed by atoms with Gasteiger partial charge in [0.05, 0.1) is 0 Å². The van der Waals surface area contributed by atoms with Crippen molar-refractivity contribution in [3.63, 3.8) is 0 Å². The summed E-state index contributed by atoms with van der Waals surface area (Å²) < 4.78 is 0.912. The molecule has 0 fully saturated rings. The minimum Gasteiger partial charge on any atom is -0.378 e. The number of nitrogens with one attached hydrogen (secondary N) is 2. The first-order valence-corrected chi connectivity index (χ1v) is 10.1. The van der Waals surface area contributed by atoms with Crippen molar-refractivity contribution in [2.75, 3.05) is 24.3 Å². The number of nitrogens with zero attached hydrogens (tertiary/aromatic N) is 1. The molecule has 0 spiro atoms. The van der Waals surface area contributed by atoms with Crippen LogP contribution in [0.3, 0.4) is 0 Å². The van der Waals surface area contributed by atoms with E-state index in [4.69, 9.17) is 0 Å². The second kappa shape index (κ2) is 9.89. The van der Waals surface area contributed by atoms with E-state index in [0.717, 1.165) is 15.7 Å². The summed E-state index contributed by atoms with van der Waals surface area (Å²) >= 11 is 3.37. The molecule has 0 radical (unpaired) electrons. The Labute approximate surface area is 184 Å². The van der Waals surface area contributed by atoms with Gasteiger partial charge in [-0.05, 0) is 60.2 Å². The number of benzene rings is 3. The van der Waals surface area contributed by atoms with Crippen LogP contribution in [0.2, 0.25) is 0 Å². The van der Waals surface area contributed by atoms with Gasteiger partial charge in [-0.2, -0.15) is 0 Å². The molecule has 30 heavy (non-hydrogen) atoms. The van der Waals surface area contributed by atoms with E-state index in [1.165, 1.54) is 0 Å². The molecule has 3 aromatic carbocycles. The predicted octanol–water partition coefficient (Wildman–Crippen LogP) is 4.92. The van der Waals surface area contributed by atoms with Crippen LogP contribution >= 0.6 is 15.9 Å². The standard InChI is InChI=1S/C24H22BrN3O2/c1-28(2)21-14-8-17(9-15-21)16-22(27-23(29)18-6-4-3-5-7-18)24(30)26-20-12-10-19(25)11-13-20/h3-16H,1-2H3,(H,26,30)(H,27,29)/b22-16+. The Morgan fingerprint density at radius 1 is 0.867 bits per heavy atom. The average Bonchev–Trinajstić information content (AvgIpc) is 2.75. The minimum atomic E-state index is -0.404. The molecular weight excluding hydrogens is 442 g/mol. The Morgan fingerprint density at radius 2 is 1.50 bits per heavy atom. The fraction of sp³-hybridized carbons (Fsp3) is 0.0833. The van der Waals surface area contributed by atoms with Gasteiger partial charge in [-0.3, -0.25) is 9.59 Å². The molecule has 0 aliphatic heterocycles. The summed E-state index contributed by atoms with van der Waals surface area (Å²) in [7, 11) is 3.92. The van der Waals surface area contributed by atoms with E-state index < -0.39 is 5.91 Å². The minimum absolute atomic E-state index is 0.157. The number of hydrogen-bond acceptors (Lipinski definition) is 3. The topological polar surface area (TPSA) is 61.4 Å². The number of halogens is 1. The van der Waals surface area contributed by atoms with Crippen molar-refractivity contribution in [3.8, 4) is 0 Å². The van der Waals surface area contributed by atoms with Crippen molar-refractivity contribution in [2.45, 2.75) is 0 Å². The van der Waals surface area contributed by atoms with Gasteiger partial charge in [-0.25, -0.2) is 0 Å². The van der Waals surface area contributed by atoms with Crippen molar-refractivity contribution >= 4 is 45.2 Å². The van der Waals surface area contributed by atoms with Gasteiger partial charge in [0.25, 0.3) is 11.8 Å². The van der Waals surface area contributed by atoms with Gasteiger partial charge in [0.1, 0.15) is 5.70 Å². The summed E-state index contributed by atoms with van der Waals surface area (Å²) in [5, 5.41) is 5.57. The van der Waals surface area contributed by atoms with E-state index in [-0.39, 0.29) is 11.6 Å². The highest BCUT2D eigenvalue weighted by Gasteiger charge is 2.15. The van der Waals surface area contributed by atoms with Gasteiger partial charge in [0, 0.05) is 35.5 Å². The smallest absolute Gasteiger partial charge is 0.272 e. The highest BCUT2D eigenvalue weighted by molar-refractivity contribution is 9.10. The predicted molar refractivity (Wildman–Crippen MR) is 125 cm³/mol. The van der Waals surface area contributed by atoms with Crippen molar-refractivity contribution in [2.24, 2.45) is 0 Å². The lowest BCUT2D eigenvalue weighted by molar-refractivity contribution is -0.113. The Bertz CT molecular complexity index is 1040. The zero-order valence-corrected chi connectivity index (χ0v) is 18.3. The fourth-order valence-corrected chi connectivity index (χ4v) is 2.97. The number of anilines is 2. The molecule has 0 heterocycles. The van der Waals surface area contributed by atoms with Crippen LogP contribution in [-0.4, -0.2) is 25.9 Å². The monoisotopic (exact) mass is 463 g/mol. The number of carbonyl (C=O) groups excluding carboxylic acids is 2. The Kier molecular flexibility index (Phi) is 7.03. The molecule has 0 saturated carbocycles. The SMILES string of the molecule is CN(C)c1ccc(/C=C(/NC(=O)c2ccccc2)C(=O)Nc2ccc(Br)cc2)cc1. The highest BCUT2D eigenvalue weighted by atomic mass is 79.9. The van der Waals surface area contributed by atoms with E-state index in [1.807, 2.05) is 61.5 Å². The largest absolute Gasteiger partial charge is 0.378 e. The lowest BCUT2D eigenvalue weighted by Crippen LogP contribution is -2.30. The lowest BCUT2D eigenvalue weighted by atomic mass is 10.1. The highest BCUT2D eigenvalue weighted by Crippen LogP contribution is 2.17. The van der Waals surface area contributed by atoms with Crippen LogP contribution in [0, 0.1) is 0 Å².